The van der Waals surface area contributed by atoms with Gasteiger partial charge in [-0.15, -0.1) is 0 Å². The van der Waals surface area contributed by atoms with Crippen LogP contribution in [0, 0.1) is 0 Å². The van der Waals surface area contributed by atoms with Crippen molar-refractivity contribution in [2.45, 2.75) is 64.5 Å². The van der Waals surface area contributed by atoms with Crippen molar-refractivity contribution in [1.29, 1.82) is 0 Å². The molecule has 0 N–H and O–H groups in total. The number of hydrogen-bond acceptors (Lipinski definition) is 4. The number of fused-ring (bicyclic) bond motifs is 2. The fraction of sp³-hybridized carbons (Fsp3) is 0.250. The lowest BCUT2D eigenvalue weighted by Crippen LogP contribution is -2.10. The molecule has 0 fully saturated rings. The molecule has 6 nitrogen and oxygen atoms in total. The number of hydrogen-bond donors (Lipinski definition) is 0. The van der Waals surface area contributed by atoms with Gasteiger partial charge in [0.15, 0.2) is 0 Å². The Morgan fingerprint density at radius 1 is 0.457 bits per heavy atom. The first-order valence-electron chi connectivity index (χ1n) is 16.3. The number of aryl methyl sites for hydroxylation is 2. The van der Waals surface area contributed by atoms with Crippen LogP contribution >= 0.6 is 0 Å². The number of esters is 2. The number of benzene rings is 4. The smallest absolute Gasteiger partial charge is 0.311 e. The van der Waals surface area contributed by atoms with E-state index in [1.54, 1.807) is 0 Å². The van der Waals surface area contributed by atoms with Crippen LogP contribution in [0.25, 0.3) is 32.7 Å². The minimum Gasteiger partial charge on any atom is -0.426 e. The monoisotopic (exact) mass is 612 g/mol. The Labute approximate surface area is 270 Å². The molecular weight excluding hydrogens is 572 g/mol. The summed E-state index contributed by atoms with van der Waals surface area (Å²) >= 11 is 0. The van der Waals surface area contributed by atoms with Gasteiger partial charge < -0.3 is 18.6 Å². The van der Waals surface area contributed by atoms with Crippen LogP contribution in [-0.4, -0.2) is 21.1 Å². The second-order valence-electron chi connectivity index (χ2n) is 11.7. The molecule has 0 unspecified atom stereocenters. The van der Waals surface area contributed by atoms with E-state index in [0.717, 1.165) is 84.3 Å². The second-order valence-corrected chi connectivity index (χ2v) is 11.7. The first-order chi connectivity index (χ1) is 22.7. The number of aromatic nitrogens is 2. The minimum absolute atomic E-state index is 0.267. The molecule has 0 aliphatic rings. The molecule has 0 saturated carbocycles. The van der Waals surface area contributed by atoms with Crippen molar-refractivity contribution in [3.8, 4) is 22.6 Å². The van der Waals surface area contributed by atoms with E-state index in [0.29, 0.717) is 24.3 Å². The van der Waals surface area contributed by atoms with Crippen molar-refractivity contribution < 1.29 is 19.1 Å². The Balaban J connectivity index is 1.22. The highest BCUT2D eigenvalue weighted by atomic mass is 16.5. The molecule has 0 aliphatic carbocycles. The van der Waals surface area contributed by atoms with Crippen LogP contribution in [0.1, 0.15) is 51.4 Å². The average molecular weight is 613 g/mol. The Hall–Kier alpha value is -5.10. The first-order valence-corrected chi connectivity index (χ1v) is 16.3. The topological polar surface area (TPSA) is 62.5 Å². The number of rotatable bonds is 15. The summed E-state index contributed by atoms with van der Waals surface area (Å²) in [7, 11) is 0. The largest absolute Gasteiger partial charge is 0.426 e. The molecule has 6 heteroatoms. The van der Waals surface area contributed by atoms with E-state index >= 15 is 0 Å². The standard InChI is InChI=1S/C40H40N2O4/c43-37(19-3-1-9-25-41-27-11-12-28-41)45-35-23-21-31-15-5-7-17-33(31)39(35)40-34-18-8-6-16-32(34)22-24-36(40)46-38(44)20-4-2-10-26-42-29-13-14-30-42/h5-8,11-18,21-24,27-30H,1-4,9-10,19-20,25-26H2. The molecule has 0 saturated heterocycles. The minimum atomic E-state index is -0.267. The van der Waals surface area contributed by atoms with Gasteiger partial charge in [0, 0.05) is 61.8 Å². The summed E-state index contributed by atoms with van der Waals surface area (Å²) in [6.07, 6.45) is 14.3. The van der Waals surface area contributed by atoms with E-state index in [1.807, 2.05) is 97.1 Å². The van der Waals surface area contributed by atoms with Gasteiger partial charge in [-0.25, -0.2) is 0 Å². The van der Waals surface area contributed by atoms with Crippen LogP contribution in [0.4, 0.5) is 0 Å². The predicted molar refractivity (Wildman–Crippen MR) is 184 cm³/mol. The molecule has 4 aromatic carbocycles. The molecule has 234 valence electrons. The van der Waals surface area contributed by atoms with Crippen LogP contribution < -0.4 is 9.47 Å². The summed E-state index contributed by atoms with van der Waals surface area (Å²) in [6, 6.07) is 31.8. The summed E-state index contributed by atoms with van der Waals surface area (Å²) in [4.78, 5) is 26.4. The van der Waals surface area contributed by atoms with Crippen LogP contribution in [0.15, 0.2) is 122 Å². The Bertz CT molecular complexity index is 1750. The zero-order valence-electron chi connectivity index (χ0n) is 26.1. The van der Waals surface area contributed by atoms with E-state index in [9.17, 15) is 9.59 Å². The van der Waals surface area contributed by atoms with E-state index in [4.69, 9.17) is 9.47 Å². The van der Waals surface area contributed by atoms with E-state index in [-0.39, 0.29) is 11.9 Å². The Kier molecular flexibility index (Phi) is 10.3. The van der Waals surface area contributed by atoms with Gasteiger partial charge in [-0.3, -0.25) is 9.59 Å². The van der Waals surface area contributed by atoms with Crippen molar-refractivity contribution >= 4 is 33.5 Å². The lowest BCUT2D eigenvalue weighted by molar-refractivity contribution is -0.135. The fourth-order valence-corrected chi connectivity index (χ4v) is 6.06. The SMILES string of the molecule is O=C(CCCCCn1cccc1)Oc1ccc2ccccc2c1-c1c(OC(=O)CCCCCn2cccc2)ccc2ccccc12. The number of unbranched alkanes of at least 4 members (excludes halogenated alkanes) is 4. The molecule has 0 spiro atoms. The predicted octanol–water partition coefficient (Wildman–Crippen LogP) is 9.59. The quantitative estimate of drug-likeness (QED) is 0.0658. The molecule has 6 rings (SSSR count). The summed E-state index contributed by atoms with van der Waals surface area (Å²) < 4.78 is 16.5. The van der Waals surface area contributed by atoms with Crippen LogP contribution in [0.5, 0.6) is 11.5 Å². The van der Waals surface area contributed by atoms with Gasteiger partial charge >= 0.3 is 11.9 Å². The van der Waals surface area contributed by atoms with Gasteiger partial charge in [0.05, 0.1) is 0 Å². The number of carbonyl (C=O) groups excluding carboxylic acids is 2. The van der Waals surface area contributed by atoms with E-state index < -0.39 is 0 Å². The normalized spacial score (nSPS) is 11.2. The molecule has 2 heterocycles. The van der Waals surface area contributed by atoms with Gasteiger partial charge in [-0.05, 0) is 83.6 Å². The molecule has 2 aromatic heterocycles. The van der Waals surface area contributed by atoms with E-state index in [2.05, 4.69) is 33.9 Å². The van der Waals surface area contributed by atoms with Crippen molar-refractivity contribution in [2.24, 2.45) is 0 Å². The van der Waals surface area contributed by atoms with Crippen molar-refractivity contribution in [1.82, 2.24) is 9.13 Å². The fourth-order valence-electron chi connectivity index (χ4n) is 6.06. The number of ether oxygens (including phenoxy) is 2. The zero-order chi connectivity index (χ0) is 31.6. The van der Waals surface area contributed by atoms with Gasteiger partial charge in [-0.2, -0.15) is 0 Å². The van der Waals surface area contributed by atoms with Crippen molar-refractivity contribution in [2.75, 3.05) is 0 Å². The molecule has 46 heavy (non-hydrogen) atoms. The van der Waals surface area contributed by atoms with Gasteiger partial charge in [0.25, 0.3) is 0 Å². The second kappa shape index (κ2) is 15.3. The van der Waals surface area contributed by atoms with Gasteiger partial charge in [-0.1, -0.05) is 73.5 Å². The maximum Gasteiger partial charge on any atom is 0.311 e. The van der Waals surface area contributed by atoms with E-state index in [1.165, 1.54) is 0 Å². The van der Waals surface area contributed by atoms with Crippen molar-refractivity contribution in [3.63, 3.8) is 0 Å². The third-order valence-corrected chi connectivity index (χ3v) is 8.41. The van der Waals surface area contributed by atoms with Gasteiger partial charge in [0.1, 0.15) is 11.5 Å². The van der Waals surface area contributed by atoms with Crippen molar-refractivity contribution in [3.05, 3.63) is 122 Å². The maximum atomic E-state index is 13.2. The number of nitrogens with zero attached hydrogens (tertiary/aromatic N) is 2. The van der Waals surface area contributed by atoms with Crippen LogP contribution in [0.3, 0.4) is 0 Å². The molecular formula is C40H40N2O4. The lowest BCUT2D eigenvalue weighted by atomic mass is 9.92. The lowest BCUT2D eigenvalue weighted by Gasteiger charge is -2.18. The Morgan fingerprint density at radius 2 is 0.870 bits per heavy atom. The molecule has 0 bridgehead atoms. The summed E-state index contributed by atoms with van der Waals surface area (Å²) in [5, 5.41) is 3.88. The maximum absolute atomic E-state index is 13.2. The molecule has 0 amide bonds. The number of carbonyl (C=O) groups is 2. The molecule has 0 radical (unpaired) electrons. The highest BCUT2D eigenvalue weighted by Crippen LogP contribution is 2.45. The highest BCUT2D eigenvalue weighted by Gasteiger charge is 2.22. The highest BCUT2D eigenvalue weighted by molar-refractivity contribution is 6.10. The van der Waals surface area contributed by atoms with Gasteiger partial charge in [0.2, 0.25) is 0 Å². The summed E-state index contributed by atoms with van der Waals surface area (Å²) in [5.41, 5.74) is 1.51. The Morgan fingerprint density at radius 3 is 1.30 bits per heavy atom. The molecule has 6 aromatic rings. The zero-order valence-corrected chi connectivity index (χ0v) is 26.1. The summed E-state index contributed by atoms with van der Waals surface area (Å²) in [6.45, 7) is 1.88. The molecule has 0 atom stereocenters. The van der Waals surface area contributed by atoms with Crippen LogP contribution in [-0.2, 0) is 22.7 Å². The molecule has 0 aliphatic heterocycles. The average Bonchev–Trinajstić information content (AvgIpc) is 3.80. The first kappa shape index (κ1) is 30.9. The third-order valence-electron chi connectivity index (χ3n) is 8.41. The summed E-state index contributed by atoms with van der Waals surface area (Å²) in [5.74, 6) is 0.400. The third kappa shape index (κ3) is 7.75. The van der Waals surface area contributed by atoms with Crippen LogP contribution in [0.2, 0.25) is 0 Å².